The lowest BCUT2D eigenvalue weighted by Gasteiger charge is -2.30. The third-order valence-electron chi connectivity index (χ3n) is 7.20. The van der Waals surface area contributed by atoms with Gasteiger partial charge in [0.1, 0.15) is 29.6 Å². The highest BCUT2D eigenvalue weighted by Crippen LogP contribution is 2.75. The molecule has 0 N–H and O–H groups in total. The highest BCUT2D eigenvalue weighted by molar-refractivity contribution is 5.96. The van der Waals surface area contributed by atoms with Crippen LogP contribution in [0, 0.1) is 22.2 Å². The summed E-state index contributed by atoms with van der Waals surface area (Å²) in [5.74, 6) is -0.824. The number of esters is 1. The number of piperidine rings is 1. The Kier molecular flexibility index (Phi) is 5.03. The van der Waals surface area contributed by atoms with Crippen molar-refractivity contribution in [1.82, 2.24) is 9.88 Å². The lowest BCUT2D eigenvalue weighted by Crippen LogP contribution is -2.43. The van der Waals surface area contributed by atoms with Gasteiger partial charge in [-0.2, -0.15) is 18.4 Å². The molecule has 0 spiro atoms. The summed E-state index contributed by atoms with van der Waals surface area (Å²) in [4.78, 5) is 20.9. The maximum absolute atomic E-state index is 14.2. The van der Waals surface area contributed by atoms with E-state index in [9.17, 15) is 23.2 Å². The van der Waals surface area contributed by atoms with Crippen LogP contribution in [0.1, 0.15) is 12.0 Å². The smallest absolute Gasteiger partial charge is 0.397 e. The number of hydrogen-bond acceptors (Lipinski definition) is 7. The van der Waals surface area contributed by atoms with Crippen LogP contribution in [-0.4, -0.2) is 74.6 Å². The maximum Gasteiger partial charge on any atom is 0.397 e. The minimum absolute atomic E-state index is 0.0669. The average Bonchev–Trinajstić information content (AvgIpc) is 3.34. The zero-order valence-electron chi connectivity index (χ0n) is 18.1. The van der Waals surface area contributed by atoms with Gasteiger partial charge < -0.3 is 19.3 Å². The van der Waals surface area contributed by atoms with Gasteiger partial charge in [-0.05, 0) is 37.7 Å². The Bertz CT molecular complexity index is 1150. The van der Waals surface area contributed by atoms with Crippen LogP contribution in [-0.2, 0) is 14.3 Å². The Hall–Kier alpha value is -2.90. The maximum atomic E-state index is 14.2. The number of carbonyl (C=O) groups excluding carboxylic acids is 1. The second-order valence-corrected chi connectivity index (χ2v) is 9.19. The fraction of sp³-hybridized carbons (Fsp3) is 0.522. The molecule has 2 aromatic rings. The minimum atomic E-state index is -4.55. The van der Waals surface area contributed by atoms with Crippen molar-refractivity contribution in [3.8, 4) is 6.07 Å². The molecular weight excluding hydrogens is 437 g/mol. The third kappa shape index (κ3) is 3.33. The number of pyridine rings is 1. The number of nitriles is 1. The number of benzene rings is 1. The molecule has 3 atom stereocenters. The molecule has 0 amide bonds. The standard InChI is InChI=1S/C23H23F3N4O3/c1-29-7-8-32-16(10-29)11-33-20(31)21-12-22(21,23(24,25)26)14-30(13-21)18-5-4-15(9-27)19-17(18)3-2-6-28-19/h2-6,16H,7-8,10-14H2,1H3. The first kappa shape index (κ1) is 21.9. The molecule has 3 heterocycles. The minimum Gasteiger partial charge on any atom is -0.462 e. The zero-order valence-corrected chi connectivity index (χ0v) is 18.1. The van der Waals surface area contributed by atoms with Crippen LogP contribution >= 0.6 is 0 Å². The monoisotopic (exact) mass is 460 g/mol. The van der Waals surface area contributed by atoms with Crippen molar-refractivity contribution in [2.24, 2.45) is 10.8 Å². The molecule has 1 aromatic heterocycles. The quantitative estimate of drug-likeness (QED) is 0.650. The number of aromatic nitrogens is 1. The first-order chi connectivity index (χ1) is 15.7. The van der Waals surface area contributed by atoms with Crippen LogP contribution in [0.15, 0.2) is 30.5 Å². The summed E-state index contributed by atoms with van der Waals surface area (Å²) in [6.45, 7) is 1.29. The Morgan fingerprint density at radius 3 is 2.91 bits per heavy atom. The molecule has 10 heteroatoms. The number of rotatable bonds is 4. The Morgan fingerprint density at radius 2 is 2.18 bits per heavy atom. The normalized spacial score (nSPS) is 29.5. The fourth-order valence-corrected chi connectivity index (χ4v) is 5.35. The third-order valence-corrected chi connectivity index (χ3v) is 7.20. The number of halogens is 3. The lowest BCUT2D eigenvalue weighted by atomic mass is 9.96. The van der Waals surface area contributed by atoms with Gasteiger partial charge in [-0.3, -0.25) is 9.78 Å². The number of alkyl halides is 3. The number of anilines is 1. The molecule has 1 aliphatic carbocycles. The number of carbonyl (C=O) groups is 1. The van der Waals surface area contributed by atoms with Crippen LogP contribution in [0.5, 0.6) is 0 Å². The molecule has 2 aliphatic heterocycles. The first-order valence-electron chi connectivity index (χ1n) is 10.8. The molecule has 1 saturated carbocycles. The second-order valence-electron chi connectivity index (χ2n) is 9.19. The number of fused-ring (bicyclic) bond motifs is 2. The number of hydrogen-bond donors (Lipinski definition) is 0. The van der Waals surface area contributed by atoms with Gasteiger partial charge in [0.15, 0.2) is 0 Å². The summed E-state index contributed by atoms with van der Waals surface area (Å²) in [5, 5.41) is 9.94. The summed E-state index contributed by atoms with van der Waals surface area (Å²) in [7, 11) is 1.91. The van der Waals surface area contributed by atoms with Gasteiger partial charge in [0.25, 0.3) is 0 Å². The zero-order chi connectivity index (χ0) is 23.4. The summed E-state index contributed by atoms with van der Waals surface area (Å²) in [6.07, 6.45) is -3.65. The van der Waals surface area contributed by atoms with E-state index >= 15 is 0 Å². The topological polar surface area (TPSA) is 78.7 Å². The summed E-state index contributed by atoms with van der Waals surface area (Å²) in [6, 6.07) is 8.64. The largest absolute Gasteiger partial charge is 0.462 e. The van der Waals surface area contributed by atoms with E-state index in [2.05, 4.69) is 11.1 Å². The first-order valence-corrected chi connectivity index (χ1v) is 10.8. The second kappa shape index (κ2) is 7.57. The van der Waals surface area contributed by atoms with Gasteiger partial charge in [-0.1, -0.05) is 0 Å². The molecule has 3 aliphatic rings. The van der Waals surface area contributed by atoms with E-state index in [1.165, 1.54) is 6.20 Å². The number of ether oxygens (including phenoxy) is 2. The number of nitrogens with zero attached hydrogens (tertiary/aromatic N) is 4. The summed E-state index contributed by atoms with van der Waals surface area (Å²) < 4.78 is 53.7. The van der Waals surface area contributed by atoms with E-state index in [0.29, 0.717) is 35.3 Å². The lowest BCUT2D eigenvalue weighted by molar-refractivity contribution is -0.197. The van der Waals surface area contributed by atoms with Gasteiger partial charge in [0, 0.05) is 43.4 Å². The molecule has 3 fully saturated rings. The Morgan fingerprint density at radius 1 is 1.36 bits per heavy atom. The van der Waals surface area contributed by atoms with Crippen molar-refractivity contribution in [2.45, 2.75) is 18.7 Å². The van der Waals surface area contributed by atoms with Crippen molar-refractivity contribution in [1.29, 1.82) is 5.26 Å². The molecule has 7 nitrogen and oxygen atoms in total. The molecule has 3 unspecified atom stereocenters. The molecule has 0 bridgehead atoms. The van der Waals surface area contributed by atoms with Crippen molar-refractivity contribution in [3.05, 3.63) is 36.0 Å². The van der Waals surface area contributed by atoms with Crippen molar-refractivity contribution < 1.29 is 27.4 Å². The molecule has 33 heavy (non-hydrogen) atoms. The fourth-order valence-electron chi connectivity index (χ4n) is 5.35. The summed E-state index contributed by atoms with van der Waals surface area (Å²) >= 11 is 0. The highest BCUT2D eigenvalue weighted by atomic mass is 19.4. The van der Waals surface area contributed by atoms with Gasteiger partial charge in [0.05, 0.1) is 17.7 Å². The molecule has 1 aromatic carbocycles. The summed E-state index contributed by atoms with van der Waals surface area (Å²) in [5.41, 5.74) is -2.50. The molecular formula is C23H23F3N4O3. The highest BCUT2D eigenvalue weighted by Gasteiger charge is 2.87. The molecule has 2 saturated heterocycles. The van der Waals surface area contributed by atoms with Crippen LogP contribution in [0.3, 0.4) is 0 Å². The molecule has 5 rings (SSSR count). The number of likely N-dealkylation sites (N-methyl/N-ethyl adjacent to an activating group) is 1. The average molecular weight is 460 g/mol. The van der Waals surface area contributed by atoms with E-state index in [0.717, 1.165) is 6.54 Å². The van der Waals surface area contributed by atoms with E-state index in [1.807, 2.05) is 11.9 Å². The van der Waals surface area contributed by atoms with E-state index < -0.39 is 23.0 Å². The predicted octanol–water partition coefficient (Wildman–Crippen LogP) is 2.74. The Balaban J connectivity index is 1.42. The van der Waals surface area contributed by atoms with Gasteiger partial charge >= 0.3 is 12.1 Å². The van der Waals surface area contributed by atoms with Crippen LogP contribution in [0.2, 0.25) is 0 Å². The predicted molar refractivity (Wildman–Crippen MR) is 112 cm³/mol. The van der Waals surface area contributed by atoms with Gasteiger partial charge in [-0.25, -0.2) is 0 Å². The van der Waals surface area contributed by atoms with Crippen LogP contribution in [0.4, 0.5) is 18.9 Å². The van der Waals surface area contributed by atoms with E-state index in [4.69, 9.17) is 9.47 Å². The SMILES string of the molecule is CN1CCOC(COC(=O)C23CN(c4ccc(C#N)c5ncccc45)CC2(C(F)(F)F)C3)C1. The molecule has 0 radical (unpaired) electrons. The Labute approximate surface area is 188 Å². The van der Waals surface area contributed by atoms with Crippen molar-refractivity contribution >= 4 is 22.6 Å². The van der Waals surface area contributed by atoms with Gasteiger partial charge in [-0.15, -0.1) is 0 Å². The van der Waals surface area contributed by atoms with Crippen LogP contribution in [0.25, 0.3) is 10.9 Å². The molecule has 174 valence electrons. The van der Waals surface area contributed by atoms with Crippen molar-refractivity contribution in [3.63, 3.8) is 0 Å². The number of morpholine rings is 1. The van der Waals surface area contributed by atoms with Gasteiger partial charge in [0.2, 0.25) is 0 Å². The van der Waals surface area contributed by atoms with Crippen LogP contribution < -0.4 is 4.90 Å². The van der Waals surface area contributed by atoms with E-state index in [-0.39, 0.29) is 32.2 Å². The van der Waals surface area contributed by atoms with Crippen molar-refractivity contribution in [2.75, 3.05) is 51.3 Å². The van der Waals surface area contributed by atoms with E-state index in [1.54, 1.807) is 29.2 Å².